The molecule has 4 aromatic rings. The maximum Gasteiger partial charge on any atom is 0.347 e. The second kappa shape index (κ2) is 12.3. The van der Waals surface area contributed by atoms with E-state index in [1.54, 1.807) is 72.8 Å². The van der Waals surface area contributed by atoms with E-state index in [-0.39, 0.29) is 28.7 Å². The van der Waals surface area contributed by atoms with Crippen LogP contribution in [0.15, 0.2) is 97.1 Å². The van der Waals surface area contributed by atoms with E-state index < -0.39 is 11.9 Å². The van der Waals surface area contributed by atoms with Gasteiger partial charge in [0.05, 0.1) is 12.7 Å². The third-order valence-corrected chi connectivity index (χ3v) is 5.45. The fourth-order valence-corrected chi connectivity index (χ4v) is 3.44. The van der Waals surface area contributed by atoms with Crippen LogP contribution in [0.2, 0.25) is 0 Å². The minimum atomic E-state index is -0.649. The van der Waals surface area contributed by atoms with Crippen LogP contribution in [-0.2, 0) is 0 Å². The number of phenols is 2. The Morgan fingerprint density at radius 2 is 1.05 bits per heavy atom. The summed E-state index contributed by atoms with van der Waals surface area (Å²) in [4.78, 5) is 24.4. The van der Waals surface area contributed by atoms with E-state index in [4.69, 9.17) is 18.9 Å². The van der Waals surface area contributed by atoms with E-state index in [0.29, 0.717) is 36.0 Å². The first kappa shape index (κ1) is 26.1. The van der Waals surface area contributed by atoms with E-state index >= 15 is 0 Å². The van der Waals surface area contributed by atoms with Gasteiger partial charge in [0, 0.05) is 6.42 Å². The Kier molecular flexibility index (Phi) is 8.46. The molecule has 0 radical (unpaired) electrons. The Hall–Kier alpha value is -4.98. The average molecular weight is 515 g/mol. The highest BCUT2D eigenvalue weighted by Crippen LogP contribution is 2.24. The maximum atomic E-state index is 12.2. The minimum Gasteiger partial charge on any atom is -0.507 e. The van der Waals surface area contributed by atoms with Gasteiger partial charge in [-0.1, -0.05) is 24.3 Å². The summed E-state index contributed by atoms with van der Waals surface area (Å²) in [5.41, 5.74) is 0.175. The molecule has 0 aromatic heterocycles. The highest BCUT2D eigenvalue weighted by molar-refractivity contribution is 5.94. The number of ether oxygens (including phenoxy) is 4. The van der Waals surface area contributed by atoms with Crippen molar-refractivity contribution in [2.45, 2.75) is 19.4 Å². The Morgan fingerprint density at radius 3 is 1.53 bits per heavy atom. The smallest absolute Gasteiger partial charge is 0.347 e. The molecular weight excluding hydrogens is 488 g/mol. The molecule has 38 heavy (non-hydrogen) atoms. The first-order valence-corrected chi connectivity index (χ1v) is 11.9. The molecule has 194 valence electrons. The molecule has 0 heterocycles. The van der Waals surface area contributed by atoms with Gasteiger partial charge in [0.1, 0.15) is 45.6 Å². The number of benzene rings is 4. The number of para-hydroxylation sites is 2. The van der Waals surface area contributed by atoms with Gasteiger partial charge in [-0.3, -0.25) is 0 Å². The Labute approximate surface area is 219 Å². The summed E-state index contributed by atoms with van der Waals surface area (Å²) >= 11 is 0. The Balaban J connectivity index is 1.20. The van der Waals surface area contributed by atoms with E-state index in [2.05, 4.69) is 0 Å². The van der Waals surface area contributed by atoms with Crippen molar-refractivity contribution in [3.8, 4) is 34.5 Å². The van der Waals surface area contributed by atoms with Crippen LogP contribution in [0.25, 0.3) is 0 Å². The van der Waals surface area contributed by atoms with Gasteiger partial charge in [-0.2, -0.15) is 0 Å². The van der Waals surface area contributed by atoms with Crippen molar-refractivity contribution in [2.75, 3.05) is 6.61 Å². The fourth-order valence-electron chi connectivity index (χ4n) is 3.44. The lowest BCUT2D eigenvalue weighted by Crippen LogP contribution is -2.16. The van der Waals surface area contributed by atoms with E-state index in [9.17, 15) is 19.8 Å². The summed E-state index contributed by atoms with van der Waals surface area (Å²) in [6.07, 6.45) is 0.456. The average Bonchev–Trinajstić information content (AvgIpc) is 2.91. The lowest BCUT2D eigenvalue weighted by molar-refractivity contribution is 0.0721. The number of carbonyl (C=O) groups excluding carboxylic acids is 2. The van der Waals surface area contributed by atoms with Crippen molar-refractivity contribution in [1.82, 2.24) is 0 Å². The van der Waals surface area contributed by atoms with Crippen LogP contribution in [0.4, 0.5) is 0 Å². The molecule has 0 bridgehead atoms. The number of hydrogen-bond acceptors (Lipinski definition) is 8. The number of rotatable bonds is 10. The van der Waals surface area contributed by atoms with Gasteiger partial charge in [0.15, 0.2) is 0 Å². The minimum absolute atomic E-state index is 0.0876. The zero-order chi connectivity index (χ0) is 26.9. The van der Waals surface area contributed by atoms with Crippen molar-refractivity contribution >= 4 is 11.9 Å². The highest BCUT2D eigenvalue weighted by Gasteiger charge is 2.14. The first-order chi connectivity index (χ1) is 18.4. The van der Waals surface area contributed by atoms with Gasteiger partial charge in [0.25, 0.3) is 0 Å². The highest BCUT2D eigenvalue weighted by atomic mass is 16.5. The molecule has 1 atom stereocenters. The van der Waals surface area contributed by atoms with Crippen molar-refractivity contribution in [2.24, 2.45) is 0 Å². The third kappa shape index (κ3) is 7.04. The molecular formula is C30H26O8. The number of hydrogen-bond donors (Lipinski definition) is 2. The Morgan fingerprint density at radius 1 is 0.632 bits per heavy atom. The lowest BCUT2D eigenvalue weighted by Gasteiger charge is -2.15. The summed E-state index contributed by atoms with van der Waals surface area (Å²) in [5.74, 6) is 0.293. The quantitative estimate of drug-likeness (QED) is 0.203. The SMILES string of the molecule is CC(CCOc1ccc(OC(=O)c2ccccc2O)cc1)Oc1ccc(OC(=O)c2ccccc2O)cc1. The molecule has 0 saturated heterocycles. The van der Waals surface area contributed by atoms with Crippen LogP contribution in [0, 0.1) is 0 Å². The molecule has 1 unspecified atom stereocenters. The van der Waals surface area contributed by atoms with Crippen LogP contribution >= 0.6 is 0 Å². The van der Waals surface area contributed by atoms with Gasteiger partial charge in [-0.15, -0.1) is 0 Å². The maximum absolute atomic E-state index is 12.2. The molecule has 4 rings (SSSR count). The standard InChI is InChI=1S/C30H26O8/c1-20(36-22-14-16-24(17-15-22)38-30(34)26-7-3-5-9-28(26)32)18-19-35-21-10-12-23(13-11-21)37-29(33)25-6-2-4-8-27(25)31/h2-17,20,31-32H,18-19H2,1H3. The van der Waals surface area contributed by atoms with Crippen molar-refractivity contribution in [3.63, 3.8) is 0 Å². The van der Waals surface area contributed by atoms with Crippen LogP contribution in [0.1, 0.15) is 34.1 Å². The zero-order valence-electron chi connectivity index (χ0n) is 20.6. The normalized spacial score (nSPS) is 11.3. The zero-order valence-corrected chi connectivity index (χ0v) is 20.6. The molecule has 0 amide bonds. The fraction of sp³-hybridized carbons (Fsp3) is 0.133. The summed E-state index contributed by atoms with van der Waals surface area (Å²) in [6.45, 7) is 2.31. The molecule has 0 aliphatic carbocycles. The van der Waals surface area contributed by atoms with Crippen molar-refractivity contribution in [1.29, 1.82) is 0 Å². The van der Waals surface area contributed by atoms with E-state index in [1.165, 1.54) is 24.3 Å². The molecule has 0 spiro atoms. The number of carbonyl (C=O) groups is 2. The second-order valence-corrected chi connectivity index (χ2v) is 8.32. The van der Waals surface area contributed by atoms with Gasteiger partial charge >= 0.3 is 11.9 Å². The van der Waals surface area contributed by atoms with Gasteiger partial charge in [-0.05, 0) is 79.7 Å². The monoisotopic (exact) mass is 514 g/mol. The second-order valence-electron chi connectivity index (χ2n) is 8.32. The topological polar surface area (TPSA) is 112 Å². The molecule has 8 heteroatoms. The largest absolute Gasteiger partial charge is 0.507 e. The summed E-state index contributed by atoms with van der Waals surface area (Å²) < 4.78 is 22.2. The predicted molar refractivity (Wildman–Crippen MR) is 139 cm³/mol. The van der Waals surface area contributed by atoms with E-state index in [0.717, 1.165) is 0 Å². The Bertz CT molecular complexity index is 1380. The van der Waals surface area contributed by atoms with Crippen LogP contribution in [-0.4, -0.2) is 34.9 Å². The van der Waals surface area contributed by atoms with Gasteiger partial charge in [-0.25, -0.2) is 9.59 Å². The van der Waals surface area contributed by atoms with Crippen LogP contribution in [0.5, 0.6) is 34.5 Å². The first-order valence-electron chi connectivity index (χ1n) is 11.9. The van der Waals surface area contributed by atoms with Gasteiger partial charge < -0.3 is 29.2 Å². The van der Waals surface area contributed by atoms with E-state index in [1.807, 2.05) is 6.92 Å². The van der Waals surface area contributed by atoms with Crippen molar-refractivity contribution in [3.05, 3.63) is 108 Å². The molecule has 4 aromatic carbocycles. The molecule has 0 aliphatic heterocycles. The third-order valence-electron chi connectivity index (χ3n) is 5.45. The van der Waals surface area contributed by atoms with Crippen molar-refractivity contribution < 1.29 is 38.7 Å². The predicted octanol–water partition coefficient (Wildman–Crippen LogP) is 5.77. The summed E-state index contributed by atoms with van der Waals surface area (Å²) in [6, 6.07) is 25.6. The van der Waals surface area contributed by atoms with Gasteiger partial charge in [0.2, 0.25) is 0 Å². The number of aromatic hydroxyl groups is 2. The molecule has 0 fully saturated rings. The summed E-state index contributed by atoms with van der Waals surface area (Å²) in [7, 11) is 0. The molecule has 0 aliphatic rings. The molecule has 8 nitrogen and oxygen atoms in total. The van der Waals surface area contributed by atoms with Crippen LogP contribution < -0.4 is 18.9 Å². The summed E-state index contributed by atoms with van der Waals surface area (Å²) in [5, 5.41) is 19.6. The number of esters is 2. The van der Waals surface area contributed by atoms with Crippen LogP contribution in [0.3, 0.4) is 0 Å². The molecule has 2 N–H and O–H groups in total. The number of phenolic OH excluding ortho intramolecular Hbond substituents is 2. The molecule has 0 saturated carbocycles. The lowest BCUT2D eigenvalue weighted by atomic mass is 10.2.